The summed E-state index contributed by atoms with van der Waals surface area (Å²) in [6.07, 6.45) is -0.0117. The molecule has 0 bridgehead atoms. The highest BCUT2D eigenvalue weighted by Crippen LogP contribution is 2.42. The molecule has 0 fully saturated rings. The van der Waals surface area contributed by atoms with Crippen LogP contribution >= 0.6 is 43.5 Å². The van der Waals surface area contributed by atoms with Crippen LogP contribution in [0.3, 0.4) is 0 Å². The predicted molar refractivity (Wildman–Crippen MR) is 139 cm³/mol. The van der Waals surface area contributed by atoms with Crippen LogP contribution in [-0.4, -0.2) is 28.6 Å². The van der Waals surface area contributed by atoms with Gasteiger partial charge < -0.3 is 19.8 Å². The number of rotatable bonds is 8. The van der Waals surface area contributed by atoms with Gasteiger partial charge in [-0.15, -0.1) is 0 Å². The molecule has 0 spiro atoms. The monoisotopic (exact) mass is 609 g/mol. The number of aliphatic carboxylic acids is 1. The second-order valence-electron chi connectivity index (χ2n) is 7.87. The highest BCUT2D eigenvalue weighted by Gasteiger charge is 2.21. The molecular weight excluding hydrogens is 590 g/mol. The smallest absolute Gasteiger partial charge is 0.323 e. The van der Waals surface area contributed by atoms with Gasteiger partial charge in [-0.25, -0.2) is 0 Å². The van der Waals surface area contributed by atoms with E-state index in [1.165, 1.54) is 11.0 Å². The summed E-state index contributed by atoms with van der Waals surface area (Å²) in [5.74, 6) is -0.462. The molecule has 0 aliphatic carbocycles. The van der Waals surface area contributed by atoms with Gasteiger partial charge in [0.1, 0.15) is 18.0 Å². The Bertz CT molecular complexity index is 1190. The van der Waals surface area contributed by atoms with Crippen molar-refractivity contribution in [3.8, 4) is 17.2 Å². The minimum absolute atomic E-state index is 0.0117. The number of hydrogen-bond donors (Lipinski definition) is 2. The quantitative estimate of drug-likeness (QED) is 0.283. The molecule has 0 saturated carbocycles. The fourth-order valence-corrected chi connectivity index (χ4v) is 5.02. The lowest BCUT2D eigenvalue weighted by atomic mass is 10.0. The van der Waals surface area contributed by atoms with Gasteiger partial charge >= 0.3 is 5.97 Å². The van der Waals surface area contributed by atoms with Crippen LogP contribution in [-0.2, 0) is 16.0 Å². The number of carbonyl (C=O) groups excluding carboxylic acids is 1. The molecular formula is C25H22Br2ClNO5. The number of halogens is 3. The van der Waals surface area contributed by atoms with E-state index >= 15 is 0 Å². The third kappa shape index (κ3) is 6.31. The summed E-state index contributed by atoms with van der Waals surface area (Å²) in [6, 6.07) is 15.4. The normalized spacial score (nSPS) is 10.9. The average Bonchev–Trinajstić information content (AvgIpc) is 2.77. The summed E-state index contributed by atoms with van der Waals surface area (Å²) in [7, 11) is 0. The molecule has 0 atom stereocenters. The van der Waals surface area contributed by atoms with E-state index in [1.54, 1.807) is 48.5 Å². The molecule has 0 saturated heterocycles. The fourth-order valence-electron chi connectivity index (χ4n) is 3.36. The third-order valence-electron chi connectivity index (χ3n) is 4.98. The second-order valence-corrected chi connectivity index (χ2v) is 9.99. The number of carboxylic acid groups (broad SMARTS) is 1. The van der Waals surface area contributed by atoms with E-state index in [4.69, 9.17) is 16.3 Å². The van der Waals surface area contributed by atoms with Crippen molar-refractivity contribution in [1.82, 2.24) is 0 Å². The average molecular weight is 612 g/mol. The van der Waals surface area contributed by atoms with Gasteiger partial charge in [-0.2, -0.15) is 0 Å². The number of amides is 1. The van der Waals surface area contributed by atoms with Gasteiger partial charge in [-0.1, -0.05) is 43.6 Å². The lowest BCUT2D eigenvalue weighted by Crippen LogP contribution is -2.36. The van der Waals surface area contributed by atoms with Gasteiger partial charge in [0, 0.05) is 17.3 Å². The number of benzene rings is 3. The zero-order chi connectivity index (χ0) is 25.0. The Morgan fingerprint density at radius 2 is 1.68 bits per heavy atom. The Hall–Kier alpha value is -2.55. The molecule has 0 aliphatic heterocycles. The number of carboxylic acids is 1. The van der Waals surface area contributed by atoms with Crippen LogP contribution in [0.5, 0.6) is 17.2 Å². The number of carbonyl (C=O) groups is 2. The van der Waals surface area contributed by atoms with E-state index in [0.717, 1.165) is 0 Å². The topological polar surface area (TPSA) is 87.1 Å². The zero-order valence-electron chi connectivity index (χ0n) is 18.4. The molecule has 2 N–H and O–H groups in total. The fraction of sp³-hybridized carbons (Fsp3) is 0.200. The first-order chi connectivity index (χ1) is 16.1. The minimum atomic E-state index is -1.10. The number of phenolic OH excluding ortho intramolecular Hbond substituents is 1. The van der Waals surface area contributed by atoms with E-state index in [-0.39, 0.29) is 29.0 Å². The Morgan fingerprint density at radius 1 is 1.06 bits per heavy atom. The second kappa shape index (κ2) is 11.3. The molecule has 1 amide bonds. The number of ether oxygens (including phenoxy) is 1. The first-order valence-corrected chi connectivity index (χ1v) is 12.3. The maximum atomic E-state index is 13.0. The summed E-state index contributed by atoms with van der Waals surface area (Å²) >= 11 is 13.2. The number of hydrogen-bond acceptors (Lipinski definition) is 4. The van der Waals surface area contributed by atoms with Crippen molar-refractivity contribution in [3.63, 3.8) is 0 Å². The molecule has 3 aromatic rings. The van der Waals surface area contributed by atoms with E-state index in [0.29, 0.717) is 37.3 Å². The maximum Gasteiger partial charge on any atom is 0.323 e. The van der Waals surface area contributed by atoms with E-state index in [2.05, 4.69) is 31.9 Å². The largest absolute Gasteiger partial charge is 0.506 e. The summed E-state index contributed by atoms with van der Waals surface area (Å²) in [5.41, 5.74) is 1.84. The first kappa shape index (κ1) is 26.1. The number of phenols is 1. The van der Waals surface area contributed by atoms with Crippen molar-refractivity contribution in [2.75, 3.05) is 11.4 Å². The van der Waals surface area contributed by atoms with Gasteiger partial charge in [0.25, 0.3) is 0 Å². The molecule has 0 aromatic heterocycles. The van der Waals surface area contributed by atoms with Gasteiger partial charge in [0.2, 0.25) is 5.91 Å². The highest BCUT2D eigenvalue weighted by atomic mass is 79.9. The predicted octanol–water partition coefficient (Wildman–Crippen LogP) is 7.15. The van der Waals surface area contributed by atoms with Crippen LogP contribution in [0.15, 0.2) is 63.5 Å². The molecule has 0 heterocycles. The van der Waals surface area contributed by atoms with Gasteiger partial charge in [0.15, 0.2) is 5.75 Å². The molecule has 178 valence electrons. The zero-order valence-corrected chi connectivity index (χ0v) is 22.3. The molecule has 34 heavy (non-hydrogen) atoms. The van der Waals surface area contributed by atoms with Crippen molar-refractivity contribution >= 4 is 61.0 Å². The molecule has 3 rings (SSSR count). The number of nitrogens with zero attached hydrogens (tertiary/aromatic N) is 1. The van der Waals surface area contributed by atoms with Crippen LogP contribution in [0, 0.1) is 0 Å². The Kier molecular flexibility index (Phi) is 8.62. The molecule has 9 heteroatoms. The maximum absolute atomic E-state index is 13.0. The summed E-state index contributed by atoms with van der Waals surface area (Å²) < 4.78 is 7.21. The van der Waals surface area contributed by atoms with Crippen molar-refractivity contribution in [2.24, 2.45) is 0 Å². The molecule has 0 aliphatic rings. The molecule has 0 radical (unpaired) electrons. The van der Waals surface area contributed by atoms with Crippen molar-refractivity contribution in [3.05, 3.63) is 79.7 Å². The van der Waals surface area contributed by atoms with E-state index in [1.807, 2.05) is 13.8 Å². The number of anilines is 1. The van der Waals surface area contributed by atoms with E-state index in [9.17, 15) is 19.8 Å². The van der Waals surface area contributed by atoms with Crippen LogP contribution in [0.25, 0.3) is 0 Å². The van der Waals surface area contributed by atoms with Crippen LogP contribution < -0.4 is 9.64 Å². The van der Waals surface area contributed by atoms with Gasteiger partial charge in [-0.05, 0) is 73.7 Å². The van der Waals surface area contributed by atoms with Crippen LogP contribution in [0.4, 0.5) is 5.69 Å². The SMILES string of the molecule is CC(C)c1cc(Oc2c(Br)cc(CC(=O)N(CC(=O)O)c3ccccc3)cc2Br)cc(Cl)c1O. The van der Waals surface area contributed by atoms with Crippen molar-refractivity contribution < 1.29 is 24.5 Å². The van der Waals surface area contributed by atoms with E-state index < -0.39 is 12.5 Å². The standard InChI is InChI=1S/C25H22Br2ClNO5/c1-14(2)18-11-17(12-21(28)24(18)33)34-25-19(26)8-15(9-20(25)27)10-22(30)29(13-23(31)32)16-6-4-3-5-7-16/h3-9,11-12,14,33H,10,13H2,1-2H3,(H,31,32). The Labute approximate surface area is 219 Å². The number of aromatic hydroxyl groups is 1. The summed E-state index contributed by atoms with van der Waals surface area (Å²) in [6.45, 7) is 3.44. The summed E-state index contributed by atoms with van der Waals surface area (Å²) in [4.78, 5) is 25.5. The lowest BCUT2D eigenvalue weighted by molar-refractivity contribution is -0.136. The third-order valence-corrected chi connectivity index (χ3v) is 6.45. The molecule has 0 unspecified atom stereocenters. The molecule has 6 nitrogen and oxygen atoms in total. The van der Waals surface area contributed by atoms with Crippen LogP contribution in [0.1, 0.15) is 30.9 Å². The van der Waals surface area contributed by atoms with Crippen molar-refractivity contribution in [2.45, 2.75) is 26.2 Å². The Morgan fingerprint density at radius 3 is 2.24 bits per heavy atom. The number of para-hydroxylation sites is 1. The van der Waals surface area contributed by atoms with Crippen LogP contribution in [0.2, 0.25) is 5.02 Å². The Balaban J connectivity index is 1.85. The van der Waals surface area contributed by atoms with Gasteiger partial charge in [-0.3, -0.25) is 9.59 Å². The molecule has 3 aromatic carbocycles. The van der Waals surface area contributed by atoms with Gasteiger partial charge in [0.05, 0.1) is 20.4 Å². The lowest BCUT2D eigenvalue weighted by Gasteiger charge is -2.21. The van der Waals surface area contributed by atoms with Crippen molar-refractivity contribution in [1.29, 1.82) is 0 Å². The summed E-state index contributed by atoms with van der Waals surface area (Å²) in [5, 5.41) is 19.6. The minimum Gasteiger partial charge on any atom is -0.506 e. The highest BCUT2D eigenvalue weighted by molar-refractivity contribution is 9.11. The first-order valence-electron chi connectivity index (χ1n) is 10.3.